The molecule has 0 heterocycles. The molecule has 0 saturated carbocycles. The molecule has 7 heteroatoms. The van der Waals surface area contributed by atoms with Crippen molar-refractivity contribution in [3.05, 3.63) is 29.8 Å². The first-order valence-corrected chi connectivity index (χ1v) is 7.83. The molecule has 138 valence electrons. The van der Waals surface area contributed by atoms with Gasteiger partial charge in [-0.15, -0.1) is 12.4 Å². The van der Waals surface area contributed by atoms with E-state index in [-0.39, 0.29) is 30.1 Å². The first kappa shape index (κ1) is 22.6. The fraction of sp³-hybridized carbons (Fsp3) is 0.588. The smallest absolute Gasteiger partial charge is 0.387 e. The van der Waals surface area contributed by atoms with Crippen LogP contribution in [0.5, 0.6) is 5.75 Å². The maximum atomic E-state index is 12.1. The molecule has 0 spiro atoms. The molecule has 0 fully saturated rings. The Bertz CT molecular complexity index is 484. The molecule has 24 heavy (non-hydrogen) atoms. The van der Waals surface area contributed by atoms with Crippen molar-refractivity contribution in [2.24, 2.45) is 11.7 Å². The number of nitrogens with zero attached hydrogens (tertiary/aromatic N) is 1. The normalized spacial score (nSPS) is 12.0. The Labute approximate surface area is 148 Å². The molecular formula is C17H27ClF2N2O2. The molecule has 0 aliphatic carbocycles. The van der Waals surface area contributed by atoms with Gasteiger partial charge in [0, 0.05) is 26.1 Å². The lowest BCUT2D eigenvalue weighted by Crippen LogP contribution is -2.34. The number of nitrogens with two attached hydrogens (primary N) is 1. The first-order valence-electron chi connectivity index (χ1n) is 7.83. The van der Waals surface area contributed by atoms with Crippen LogP contribution in [0.15, 0.2) is 24.3 Å². The minimum atomic E-state index is -2.83. The lowest BCUT2D eigenvalue weighted by molar-refractivity contribution is -0.129. The van der Waals surface area contributed by atoms with Gasteiger partial charge in [-0.3, -0.25) is 4.79 Å². The van der Waals surface area contributed by atoms with E-state index in [0.29, 0.717) is 25.3 Å². The molecule has 1 atom stereocenters. The number of rotatable bonds is 9. The van der Waals surface area contributed by atoms with E-state index in [9.17, 15) is 13.6 Å². The molecule has 1 amide bonds. The van der Waals surface area contributed by atoms with Crippen LogP contribution in [0.3, 0.4) is 0 Å². The molecule has 1 unspecified atom stereocenters. The highest BCUT2D eigenvalue weighted by atomic mass is 35.5. The predicted octanol–water partition coefficient (Wildman–Crippen LogP) is 3.47. The number of amides is 1. The Balaban J connectivity index is 0.00000529. The Morgan fingerprint density at radius 1 is 1.25 bits per heavy atom. The Kier molecular flexibility index (Phi) is 10.6. The second kappa shape index (κ2) is 11.2. The average molecular weight is 365 g/mol. The zero-order valence-electron chi connectivity index (χ0n) is 14.4. The third-order valence-electron chi connectivity index (χ3n) is 3.86. The number of aryl methyl sites for hydroxylation is 1. The lowest BCUT2D eigenvalue weighted by atomic mass is 10.0. The standard InChI is InChI=1S/C17H26F2N2O2.ClH/c1-12(2)15(20)10-11-21(3)16(22)9-6-13-4-7-14(8-5-13)23-17(18)19;/h4-5,7-8,12,15,17H,6,9-11,20H2,1-3H3;1H. The molecule has 0 bridgehead atoms. The summed E-state index contributed by atoms with van der Waals surface area (Å²) in [4.78, 5) is 13.8. The van der Waals surface area contributed by atoms with Gasteiger partial charge in [-0.25, -0.2) is 0 Å². The van der Waals surface area contributed by atoms with Gasteiger partial charge in [0.1, 0.15) is 5.75 Å². The van der Waals surface area contributed by atoms with Crippen molar-refractivity contribution >= 4 is 18.3 Å². The fourth-order valence-corrected chi connectivity index (χ4v) is 2.08. The van der Waals surface area contributed by atoms with Crippen LogP contribution in [-0.2, 0) is 11.2 Å². The molecule has 0 aromatic heterocycles. The molecule has 0 aliphatic heterocycles. The topological polar surface area (TPSA) is 55.6 Å². The minimum Gasteiger partial charge on any atom is -0.435 e. The quantitative estimate of drug-likeness (QED) is 0.730. The molecule has 0 saturated heterocycles. The Morgan fingerprint density at radius 3 is 2.33 bits per heavy atom. The second-order valence-corrected chi connectivity index (χ2v) is 6.03. The third-order valence-corrected chi connectivity index (χ3v) is 3.86. The molecular weight excluding hydrogens is 338 g/mol. The van der Waals surface area contributed by atoms with Gasteiger partial charge in [0.05, 0.1) is 0 Å². The lowest BCUT2D eigenvalue weighted by Gasteiger charge is -2.21. The number of hydrogen-bond acceptors (Lipinski definition) is 3. The second-order valence-electron chi connectivity index (χ2n) is 6.03. The van der Waals surface area contributed by atoms with Crippen LogP contribution in [0, 0.1) is 5.92 Å². The fourth-order valence-electron chi connectivity index (χ4n) is 2.08. The van der Waals surface area contributed by atoms with E-state index in [1.54, 1.807) is 24.1 Å². The largest absolute Gasteiger partial charge is 0.435 e. The summed E-state index contributed by atoms with van der Waals surface area (Å²) in [6, 6.07) is 6.45. The highest BCUT2D eigenvalue weighted by Crippen LogP contribution is 2.16. The predicted molar refractivity (Wildman–Crippen MR) is 93.7 cm³/mol. The summed E-state index contributed by atoms with van der Waals surface area (Å²) in [5.74, 6) is 0.566. The van der Waals surface area contributed by atoms with E-state index in [1.807, 2.05) is 0 Å². The van der Waals surface area contributed by atoms with E-state index >= 15 is 0 Å². The van der Waals surface area contributed by atoms with Gasteiger partial charge in [0.2, 0.25) is 5.91 Å². The van der Waals surface area contributed by atoms with Crippen molar-refractivity contribution < 1.29 is 18.3 Å². The highest BCUT2D eigenvalue weighted by Gasteiger charge is 2.13. The SMILES string of the molecule is CC(C)C(N)CCN(C)C(=O)CCc1ccc(OC(F)F)cc1.Cl. The number of halogens is 3. The number of ether oxygens (including phenoxy) is 1. The van der Waals surface area contributed by atoms with Gasteiger partial charge >= 0.3 is 6.61 Å². The Morgan fingerprint density at radius 2 is 1.83 bits per heavy atom. The van der Waals surface area contributed by atoms with Gasteiger partial charge in [0.25, 0.3) is 0 Å². The first-order chi connectivity index (χ1) is 10.8. The molecule has 0 aliphatic rings. The summed E-state index contributed by atoms with van der Waals surface area (Å²) in [6.07, 6.45) is 1.72. The van der Waals surface area contributed by atoms with Crippen LogP contribution in [-0.4, -0.2) is 37.1 Å². The van der Waals surface area contributed by atoms with Gasteiger partial charge in [-0.2, -0.15) is 8.78 Å². The maximum Gasteiger partial charge on any atom is 0.387 e. The molecule has 1 aromatic rings. The van der Waals surface area contributed by atoms with Crippen LogP contribution < -0.4 is 10.5 Å². The summed E-state index contributed by atoms with van der Waals surface area (Å²) >= 11 is 0. The summed E-state index contributed by atoms with van der Waals surface area (Å²) in [7, 11) is 1.77. The van der Waals surface area contributed by atoms with Crippen LogP contribution in [0.25, 0.3) is 0 Å². The molecule has 0 radical (unpaired) electrons. The van der Waals surface area contributed by atoms with Crippen molar-refractivity contribution in [2.45, 2.75) is 45.8 Å². The summed E-state index contributed by atoms with van der Waals surface area (Å²) in [5.41, 5.74) is 6.88. The van der Waals surface area contributed by atoms with Crippen molar-refractivity contribution in [3.63, 3.8) is 0 Å². The van der Waals surface area contributed by atoms with Crippen LogP contribution in [0.4, 0.5) is 8.78 Å². The third kappa shape index (κ3) is 8.45. The van der Waals surface area contributed by atoms with E-state index in [2.05, 4.69) is 18.6 Å². The van der Waals surface area contributed by atoms with E-state index in [1.165, 1.54) is 12.1 Å². The van der Waals surface area contributed by atoms with Gasteiger partial charge in [-0.05, 0) is 36.5 Å². The number of carbonyl (C=O) groups is 1. The van der Waals surface area contributed by atoms with E-state index in [0.717, 1.165) is 12.0 Å². The van der Waals surface area contributed by atoms with Crippen molar-refractivity contribution in [1.29, 1.82) is 0 Å². The monoisotopic (exact) mass is 364 g/mol. The van der Waals surface area contributed by atoms with Crippen molar-refractivity contribution in [3.8, 4) is 5.75 Å². The van der Waals surface area contributed by atoms with Crippen LogP contribution in [0.2, 0.25) is 0 Å². The van der Waals surface area contributed by atoms with Crippen LogP contribution in [0.1, 0.15) is 32.3 Å². The minimum absolute atomic E-state index is 0. The molecule has 1 aromatic carbocycles. The van der Waals surface area contributed by atoms with E-state index in [4.69, 9.17) is 5.73 Å². The van der Waals surface area contributed by atoms with Gasteiger partial charge < -0.3 is 15.4 Å². The van der Waals surface area contributed by atoms with Gasteiger partial charge in [-0.1, -0.05) is 26.0 Å². The van der Waals surface area contributed by atoms with Crippen molar-refractivity contribution in [2.75, 3.05) is 13.6 Å². The van der Waals surface area contributed by atoms with E-state index < -0.39 is 6.61 Å². The number of benzene rings is 1. The number of hydrogen-bond donors (Lipinski definition) is 1. The zero-order valence-corrected chi connectivity index (χ0v) is 15.2. The maximum absolute atomic E-state index is 12.1. The number of alkyl halides is 2. The van der Waals surface area contributed by atoms with Crippen LogP contribution >= 0.6 is 12.4 Å². The highest BCUT2D eigenvalue weighted by molar-refractivity contribution is 5.85. The molecule has 2 N–H and O–H groups in total. The zero-order chi connectivity index (χ0) is 17.4. The summed E-state index contributed by atoms with van der Waals surface area (Å²) in [5, 5.41) is 0. The Hall–Kier alpha value is -1.40. The summed E-state index contributed by atoms with van der Waals surface area (Å²) in [6.45, 7) is 1.94. The van der Waals surface area contributed by atoms with Crippen molar-refractivity contribution in [1.82, 2.24) is 4.90 Å². The summed E-state index contributed by atoms with van der Waals surface area (Å²) < 4.78 is 28.4. The molecule has 1 rings (SSSR count). The molecule has 4 nitrogen and oxygen atoms in total. The van der Waals surface area contributed by atoms with Gasteiger partial charge in [0.15, 0.2) is 0 Å². The average Bonchev–Trinajstić information content (AvgIpc) is 2.50. The number of carbonyl (C=O) groups excluding carboxylic acids is 1.